The minimum absolute atomic E-state index is 0.165. The molecule has 1 fully saturated rings. The fraction of sp³-hybridized carbons (Fsp3) is 0.217. The number of urea groups is 1. The third-order valence-corrected chi connectivity index (χ3v) is 6.91. The minimum Gasteiger partial charge on any atom is -0.378 e. The summed E-state index contributed by atoms with van der Waals surface area (Å²) >= 11 is 0. The Labute approximate surface area is 187 Å². The molecule has 2 N–H and O–H groups in total. The van der Waals surface area contributed by atoms with Crippen LogP contribution in [0, 0.1) is 0 Å². The molecule has 1 saturated heterocycles. The summed E-state index contributed by atoms with van der Waals surface area (Å²) < 4.78 is 31.3. The second-order valence-electron chi connectivity index (χ2n) is 7.29. The minimum atomic E-state index is -3.66. The van der Waals surface area contributed by atoms with Crippen LogP contribution in [0.5, 0.6) is 0 Å². The molecule has 0 atom stereocenters. The molecule has 0 saturated carbocycles. The topological polar surface area (TPSA) is 101 Å². The molecule has 1 aliphatic heterocycles. The molecule has 4 rings (SSSR count). The number of hydrogen-bond acceptors (Lipinski definition) is 6. The van der Waals surface area contributed by atoms with Gasteiger partial charge >= 0.3 is 6.03 Å². The number of carbonyl (C=O) groups is 1. The van der Waals surface area contributed by atoms with Crippen molar-refractivity contribution in [2.75, 3.05) is 36.5 Å². The molecule has 1 aromatic heterocycles. The lowest BCUT2D eigenvalue weighted by molar-refractivity contribution is 0.122. The number of rotatable bonds is 6. The van der Waals surface area contributed by atoms with Crippen molar-refractivity contribution in [2.24, 2.45) is 0 Å². The van der Waals surface area contributed by atoms with E-state index in [1.807, 2.05) is 18.2 Å². The summed E-state index contributed by atoms with van der Waals surface area (Å²) in [5.74, 6) is 0. The van der Waals surface area contributed by atoms with Gasteiger partial charge in [-0.2, -0.15) is 0 Å². The Kier molecular flexibility index (Phi) is 6.67. The van der Waals surface area contributed by atoms with Crippen molar-refractivity contribution in [3.05, 3.63) is 78.6 Å². The average molecular weight is 453 g/mol. The second-order valence-corrected chi connectivity index (χ2v) is 9.24. The van der Waals surface area contributed by atoms with Crippen molar-refractivity contribution < 1.29 is 17.9 Å². The molecule has 32 heavy (non-hydrogen) atoms. The van der Waals surface area contributed by atoms with E-state index in [1.54, 1.807) is 42.7 Å². The van der Waals surface area contributed by atoms with Crippen molar-refractivity contribution in [3.63, 3.8) is 0 Å². The largest absolute Gasteiger partial charge is 0.378 e. The summed E-state index contributed by atoms with van der Waals surface area (Å²) in [6.45, 7) is 3.25. The van der Waals surface area contributed by atoms with Crippen LogP contribution in [0.15, 0.2) is 82.8 Å². The highest BCUT2D eigenvalue weighted by molar-refractivity contribution is 7.91. The highest BCUT2D eigenvalue weighted by Crippen LogP contribution is 2.25. The smallest absolute Gasteiger partial charge is 0.319 e. The maximum atomic E-state index is 13.0. The molecule has 8 nitrogen and oxygen atoms in total. The van der Waals surface area contributed by atoms with Gasteiger partial charge in [0, 0.05) is 43.4 Å². The van der Waals surface area contributed by atoms with Crippen molar-refractivity contribution in [1.29, 1.82) is 0 Å². The van der Waals surface area contributed by atoms with Crippen LogP contribution in [0.1, 0.15) is 5.56 Å². The SMILES string of the molecule is O=C(NCc1cccnc1)Nc1ccc(S(=O)(=O)c2ccc(N3CCOCC3)cc2)cc1. The van der Waals surface area contributed by atoms with Crippen LogP contribution in [-0.2, 0) is 21.1 Å². The fourth-order valence-electron chi connectivity index (χ4n) is 3.37. The summed E-state index contributed by atoms with van der Waals surface area (Å²) in [7, 11) is -3.66. The van der Waals surface area contributed by atoms with Crippen LogP contribution < -0.4 is 15.5 Å². The number of pyridine rings is 1. The number of nitrogens with zero attached hydrogens (tertiary/aromatic N) is 2. The molecule has 2 aromatic carbocycles. The average Bonchev–Trinajstić information content (AvgIpc) is 2.84. The second kappa shape index (κ2) is 9.80. The van der Waals surface area contributed by atoms with Gasteiger partial charge < -0.3 is 20.3 Å². The predicted molar refractivity (Wildman–Crippen MR) is 121 cm³/mol. The van der Waals surface area contributed by atoms with Crippen LogP contribution in [0.25, 0.3) is 0 Å². The first-order valence-electron chi connectivity index (χ1n) is 10.2. The quantitative estimate of drug-likeness (QED) is 0.596. The Balaban J connectivity index is 1.38. The Bertz CT molecular complexity index is 1140. The highest BCUT2D eigenvalue weighted by atomic mass is 32.2. The van der Waals surface area contributed by atoms with E-state index in [1.165, 1.54) is 12.1 Å². The molecule has 9 heteroatoms. The monoisotopic (exact) mass is 452 g/mol. The van der Waals surface area contributed by atoms with Crippen molar-refractivity contribution in [3.8, 4) is 0 Å². The molecule has 0 spiro atoms. The molecule has 2 heterocycles. The summed E-state index contributed by atoms with van der Waals surface area (Å²) in [5, 5.41) is 5.42. The first-order chi connectivity index (χ1) is 15.5. The van der Waals surface area contributed by atoms with E-state index in [9.17, 15) is 13.2 Å². The number of aromatic nitrogens is 1. The van der Waals surface area contributed by atoms with Gasteiger partial charge in [0.05, 0.1) is 23.0 Å². The van der Waals surface area contributed by atoms with E-state index in [-0.39, 0.29) is 15.8 Å². The highest BCUT2D eigenvalue weighted by Gasteiger charge is 2.19. The number of benzene rings is 2. The Morgan fingerprint density at radius 1 is 0.969 bits per heavy atom. The van der Waals surface area contributed by atoms with Crippen LogP contribution in [0.4, 0.5) is 16.2 Å². The fourth-order valence-corrected chi connectivity index (χ4v) is 4.63. The van der Waals surface area contributed by atoms with Crippen molar-refractivity contribution >= 4 is 27.2 Å². The van der Waals surface area contributed by atoms with Crippen molar-refractivity contribution in [1.82, 2.24) is 10.3 Å². The van der Waals surface area contributed by atoms with E-state index < -0.39 is 9.84 Å². The molecule has 3 aromatic rings. The third kappa shape index (κ3) is 5.24. The van der Waals surface area contributed by atoms with Crippen LogP contribution >= 0.6 is 0 Å². The lowest BCUT2D eigenvalue weighted by Crippen LogP contribution is -2.36. The first kappa shape index (κ1) is 21.8. The molecular weight excluding hydrogens is 428 g/mol. The number of morpholine rings is 1. The van der Waals surface area contributed by atoms with Gasteiger partial charge in [-0.05, 0) is 60.2 Å². The van der Waals surface area contributed by atoms with Gasteiger partial charge in [-0.1, -0.05) is 6.07 Å². The zero-order chi connectivity index (χ0) is 22.4. The summed E-state index contributed by atoms with van der Waals surface area (Å²) in [6.07, 6.45) is 3.34. The number of amides is 2. The maximum Gasteiger partial charge on any atom is 0.319 e. The number of nitrogens with one attached hydrogen (secondary N) is 2. The molecule has 166 valence electrons. The van der Waals surface area contributed by atoms with Gasteiger partial charge in [0.15, 0.2) is 0 Å². The lowest BCUT2D eigenvalue weighted by Gasteiger charge is -2.28. The van der Waals surface area contributed by atoms with Crippen LogP contribution in [0.2, 0.25) is 0 Å². The Morgan fingerprint density at radius 3 is 2.25 bits per heavy atom. The van der Waals surface area contributed by atoms with E-state index in [4.69, 9.17) is 4.74 Å². The van der Waals surface area contributed by atoms with Gasteiger partial charge in [-0.3, -0.25) is 4.98 Å². The van der Waals surface area contributed by atoms with E-state index in [0.29, 0.717) is 25.4 Å². The van der Waals surface area contributed by atoms with E-state index in [2.05, 4.69) is 20.5 Å². The molecule has 0 unspecified atom stereocenters. The number of carbonyl (C=O) groups excluding carboxylic acids is 1. The van der Waals surface area contributed by atoms with E-state index >= 15 is 0 Å². The van der Waals surface area contributed by atoms with Gasteiger partial charge in [-0.15, -0.1) is 0 Å². The Morgan fingerprint density at radius 2 is 1.62 bits per heavy atom. The summed E-state index contributed by atoms with van der Waals surface area (Å²) in [6, 6.07) is 16.3. The van der Waals surface area contributed by atoms with Gasteiger partial charge in [-0.25, -0.2) is 13.2 Å². The molecule has 2 amide bonds. The van der Waals surface area contributed by atoms with Gasteiger partial charge in [0.25, 0.3) is 0 Å². The summed E-state index contributed by atoms with van der Waals surface area (Å²) in [5.41, 5.74) is 2.35. The Hall–Kier alpha value is -3.43. The number of sulfone groups is 1. The third-order valence-electron chi connectivity index (χ3n) is 5.12. The summed E-state index contributed by atoms with van der Waals surface area (Å²) in [4.78, 5) is 18.6. The normalized spacial score (nSPS) is 14.1. The molecular formula is C23H24N4O4S. The number of anilines is 2. The molecule has 0 radical (unpaired) electrons. The molecule has 1 aliphatic rings. The van der Waals surface area contributed by atoms with E-state index in [0.717, 1.165) is 24.3 Å². The van der Waals surface area contributed by atoms with Crippen LogP contribution in [-0.4, -0.2) is 45.7 Å². The standard InChI is InChI=1S/C23H24N4O4S/c28-23(25-17-18-2-1-11-24-16-18)26-19-3-7-21(8-4-19)32(29,30)22-9-5-20(6-10-22)27-12-14-31-15-13-27/h1-11,16H,12-15,17H2,(H2,25,26,28). The van der Waals surface area contributed by atoms with Crippen molar-refractivity contribution in [2.45, 2.75) is 16.3 Å². The first-order valence-corrected chi connectivity index (χ1v) is 11.7. The molecule has 0 aliphatic carbocycles. The molecule has 0 bridgehead atoms. The van der Waals surface area contributed by atoms with Gasteiger partial charge in [0.1, 0.15) is 0 Å². The lowest BCUT2D eigenvalue weighted by atomic mass is 10.2. The maximum absolute atomic E-state index is 13.0. The van der Waals surface area contributed by atoms with Gasteiger partial charge in [0.2, 0.25) is 9.84 Å². The predicted octanol–water partition coefficient (Wildman–Crippen LogP) is 3.07. The number of hydrogen-bond donors (Lipinski definition) is 2. The number of ether oxygens (including phenoxy) is 1. The zero-order valence-corrected chi connectivity index (χ0v) is 18.2. The van der Waals surface area contributed by atoms with Crippen LogP contribution in [0.3, 0.4) is 0 Å². The zero-order valence-electron chi connectivity index (χ0n) is 17.4.